The van der Waals surface area contributed by atoms with Crippen molar-refractivity contribution in [1.29, 1.82) is 0 Å². The van der Waals surface area contributed by atoms with Crippen molar-refractivity contribution in [2.75, 3.05) is 24.7 Å². The van der Waals surface area contributed by atoms with Gasteiger partial charge in [-0.3, -0.25) is 4.68 Å². The summed E-state index contributed by atoms with van der Waals surface area (Å²) in [4.78, 5) is 0. The van der Waals surface area contributed by atoms with E-state index in [9.17, 15) is 0 Å². The molecule has 5 heteroatoms. The summed E-state index contributed by atoms with van der Waals surface area (Å²) in [7, 11) is 0. The van der Waals surface area contributed by atoms with Gasteiger partial charge in [0.05, 0.1) is 17.8 Å². The Hall–Kier alpha value is -0.520. The highest BCUT2D eigenvalue weighted by Crippen LogP contribution is 2.41. The largest absolute Gasteiger partial charge is 0.374 e. The zero-order valence-corrected chi connectivity index (χ0v) is 14.0. The Kier molecular flexibility index (Phi) is 4.92. The highest BCUT2D eigenvalue weighted by molar-refractivity contribution is 7.99. The molecule has 3 rings (SSSR count). The summed E-state index contributed by atoms with van der Waals surface area (Å²) in [5.41, 5.74) is 1.42. The zero-order chi connectivity index (χ0) is 14.7. The first-order valence-corrected chi connectivity index (χ1v) is 9.28. The van der Waals surface area contributed by atoms with Crippen LogP contribution in [0.15, 0.2) is 12.4 Å². The van der Waals surface area contributed by atoms with Gasteiger partial charge in [-0.1, -0.05) is 13.8 Å². The van der Waals surface area contributed by atoms with Gasteiger partial charge in [-0.15, -0.1) is 0 Å². The van der Waals surface area contributed by atoms with Crippen LogP contribution in [-0.4, -0.2) is 40.0 Å². The van der Waals surface area contributed by atoms with Crippen LogP contribution in [0.2, 0.25) is 0 Å². The van der Waals surface area contributed by atoms with Crippen LogP contribution in [0.25, 0.3) is 0 Å². The molecule has 118 valence electrons. The van der Waals surface area contributed by atoms with Crippen molar-refractivity contribution < 1.29 is 4.74 Å². The maximum absolute atomic E-state index is 6.10. The summed E-state index contributed by atoms with van der Waals surface area (Å²) in [6, 6.07) is 0.510. The molecule has 4 nitrogen and oxygen atoms in total. The van der Waals surface area contributed by atoms with Crippen molar-refractivity contribution in [3.63, 3.8) is 0 Å². The SMILES string of the molecule is CC(C)CNCc1cnn(C2CCOC3(CCSC3)C2)c1. The summed E-state index contributed by atoms with van der Waals surface area (Å²) in [6.45, 7) is 7.33. The van der Waals surface area contributed by atoms with Crippen LogP contribution in [0.1, 0.15) is 44.7 Å². The van der Waals surface area contributed by atoms with Gasteiger partial charge >= 0.3 is 0 Å². The lowest BCUT2D eigenvalue weighted by Crippen LogP contribution is -2.40. The first-order chi connectivity index (χ1) is 10.2. The molecular formula is C16H27N3OS. The molecule has 1 aromatic rings. The lowest BCUT2D eigenvalue weighted by molar-refractivity contribution is -0.0778. The molecular weight excluding hydrogens is 282 g/mol. The van der Waals surface area contributed by atoms with Crippen LogP contribution in [0, 0.1) is 5.92 Å². The fourth-order valence-corrected chi connectivity index (χ4v) is 4.64. The van der Waals surface area contributed by atoms with Gasteiger partial charge in [0.2, 0.25) is 0 Å². The molecule has 3 heterocycles. The number of aromatic nitrogens is 2. The number of ether oxygens (including phenoxy) is 1. The number of nitrogens with one attached hydrogen (secondary N) is 1. The van der Waals surface area contributed by atoms with Gasteiger partial charge in [0, 0.05) is 30.7 Å². The van der Waals surface area contributed by atoms with Crippen molar-refractivity contribution in [1.82, 2.24) is 15.1 Å². The van der Waals surface area contributed by atoms with Gasteiger partial charge in [-0.2, -0.15) is 16.9 Å². The van der Waals surface area contributed by atoms with Crippen molar-refractivity contribution in [3.05, 3.63) is 18.0 Å². The van der Waals surface area contributed by atoms with Gasteiger partial charge in [0.1, 0.15) is 0 Å². The molecule has 0 saturated carbocycles. The zero-order valence-electron chi connectivity index (χ0n) is 13.2. The minimum Gasteiger partial charge on any atom is -0.374 e. The predicted octanol–water partition coefficient (Wildman–Crippen LogP) is 2.86. The van der Waals surface area contributed by atoms with Crippen molar-refractivity contribution in [2.45, 2.75) is 51.3 Å². The maximum Gasteiger partial charge on any atom is 0.0800 e. The number of rotatable bonds is 5. The Morgan fingerprint density at radius 3 is 3.24 bits per heavy atom. The van der Waals surface area contributed by atoms with Crippen LogP contribution in [0.4, 0.5) is 0 Å². The molecule has 2 atom stereocenters. The fraction of sp³-hybridized carbons (Fsp3) is 0.812. The smallest absolute Gasteiger partial charge is 0.0800 e. The molecule has 1 N–H and O–H groups in total. The third-order valence-corrected chi connectivity index (χ3v) is 5.67. The van der Waals surface area contributed by atoms with E-state index in [1.54, 1.807) is 0 Å². The molecule has 0 amide bonds. The molecule has 0 aromatic carbocycles. The van der Waals surface area contributed by atoms with E-state index in [1.807, 2.05) is 18.0 Å². The highest BCUT2D eigenvalue weighted by Gasteiger charge is 2.41. The molecule has 0 aliphatic carbocycles. The maximum atomic E-state index is 6.10. The van der Waals surface area contributed by atoms with Gasteiger partial charge in [0.15, 0.2) is 0 Å². The topological polar surface area (TPSA) is 39.1 Å². The van der Waals surface area contributed by atoms with Gasteiger partial charge in [-0.25, -0.2) is 0 Å². The van der Waals surface area contributed by atoms with Crippen LogP contribution in [-0.2, 0) is 11.3 Å². The first-order valence-electron chi connectivity index (χ1n) is 8.12. The minimum absolute atomic E-state index is 0.135. The minimum atomic E-state index is 0.135. The van der Waals surface area contributed by atoms with E-state index in [0.29, 0.717) is 12.0 Å². The van der Waals surface area contributed by atoms with E-state index < -0.39 is 0 Å². The second-order valence-electron chi connectivity index (χ2n) is 6.83. The molecule has 0 bridgehead atoms. The average molecular weight is 309 g/mol. The van der Waals surface area contributed by atoms with E-state index in [4.69, 9.17) is 4.74 Å². The summed E-state index contributed by atoms with van der Waals surface area (Å²) in [5.74, 6) is 3.10. The molecule has 2 saturated heterocycles. The van der Waals surface area contributed by atoms with Gasteiger partial charge in [-0.05, 0) is 37.5 Å². The van der Waals surface area contributed by atoms with Gasteiger partial charge in [0.25, 0.3) is 0 Å². The van der Waals surface area contributed by atoms with Crippen molar-refractivity contribution >= 4 is 11.8 Å². The third kappa shape index (κ3) is 3.82. The standard InChI is InChI=1S/C16H27N3OS/c1-13(2)8-17-9-14-10-18-19(11-14)15-3-5-20-16(7-15)4-6-21-12-16/h10-11,13,15,17H,3-9,12H2,1-2H3. The molecule has 2 aliphatic heterocycles. The Balaban J connectivity index is 1.57. The van der Waals surface area contributed by atoms with E-state index in [1.165, 1.54) is 17.7 Å². The number of thioether (sulfide) groups is 1. The number of nitrogens with zero attached hydrogens (tertiary/aromatic N) is 2. The summed E-state index contributed by atoms with van der Waals surface area (Å²) < 4.78 is 8.28. The molecule has 1 spiro atoms. The highest BCUT2D eigenvalue weighted by atomic mass is 32.2. The van der Waals surface area contributed by atoms with Crippen molar-refractivity contribution in [3.8, 4) is 0 Å². The third-order valence-electron chi connectivity index (χ3n) is 4.44. The Bertz CT molecular complexity index is 454. The van der Waals surface area contributed by atoms with Crippen LogP contribution < -0.4 is 5.32 Å². The van der Waals surface area contributed by atoms with E-state index in [0.717, 1.165) is 38.3 Å². The summed E-state index contributed by atoms with van der Waals surface area (Å²) in [5, 5.41) is 8.09. The molecule has 2 fully saturated rings. The summed E-state index contributed by atoms with van der Waals surface area (Å²) >= 11 is 2.03. The lowest BCUT2D eigenvalue weighted by atomic mass is 9.90. The second-order valence-corrected chi connectivity index (χ2v) is 7.94. The Labute approximate surface area is 132 Å². The summed E-state index contributed by atoms with van der Waals surface area (Å²) in [6.07, 6.45) is 7.66. The predicted molar refractivity (Wildman–Crippen MR) is 87.7 cm³/mol. The first kappa shape index (κ1) is 15.4. The van der Waals surface area contributed by atoms with Crippen LogP contribution >= 0.6 is 11.8 Å². The number of hydrogen-bond acceptors (Lipinski definition) is 4. The Morgan fingerprint density at radius 1 is 1.57 bits per heavy atom. The van der Waals surface area contributed by atoms with Crippen LogP contribution in [0.3, 0.4) is 0 Å². The van der Waals surface area contributed by atoms with Gasteiger partial charge < -0.3 is 10.1 Å². The Morgan fingerprint density at radius 2 is 2.48 bits per heavy atom. The molecule has 2 unspecified atom stereocenters. The second kappa shape index (κ2) is 6.71. The fourth-order valence-electron chi connectivity index (χ4n) is 3.26. The lowest BCUT2D eigenvalue weighted by Gasteiger charge is -2.37. The van der Waals surface area contributed by atoms with Crippen LogP contribution in [0.5, 0.6) is 0 Å². The average Bonchev–Trinajstić information content (AvgIpc) is 3.09. The van der Waals surface area contributed by atoms with Crippen molar-refractivity contribution in [2.24, 2.45) is 5.92 Å². The number of hydrogen-bond donors (Lipinski definition) is 1. The quantitative estimate of drug-likeness (QED) is 0.908. The molecule has 0 radical (unpaired) electrons. The molecule has 2 aliphatic rings. The molecule has 21 heavy (non-hydrogen) atoms. The van der Waals surface area contributed by atoms with E-state index >= 15 is 0 Å². The van der Waals surface area contributed by atoms with E-state index in [-0.39, 0.29) is 5.60 Å². The van der Waals surface area contributed by atoms with E-state index in [2.05, 4.69) is 35.1 Å². The molecule has 1 aromatic heterocycles. The normalized spacial score (nSPS) is 29.6. The monoisotopic (exact) mass is 309 g/mol.